The van der Waals surface area contributed by atoms with Crippen molar-refractivity contribution in [1.82, 2.24) is 34.5 Å². The first-order valence-electron chi connectivity index (χ1n) is 17.1. The largest absolute Gasteiger partial charge is 0.327 e. The van der Waals surface area contributed by atoms with Gasteiger partial charge in [0.05, 0.1) is 23.7 Å². The second kappa shape index (κ2) is 13.2. The molecule has 0 unspecified atom stereocenters. The third-order valence-corrected chi connectivity index (χ3v) is 11.0. The van der Waals surface area contributed by atoms with Crippen LogP contribution in [0.3, 0.4) is 0 Å². The summed E-state index contributed by atoms with van der Waals surface area (Å²) < 4.78 is 2.34. The van der Waals surface area contributed by atoms with Crippen LogP contribution in [0.2, 0.25) is 0 Å². The molecule has 250 valence electrons. The Morgan fingerprint density at radius 3 is 2.56 bits per heavy atom. The van der Waals surface area contributed by atoms with E-state index in [2.05, 4.69) is 49.0 Å². The summed E-state index contributed by atoms with van der Waals surface area (Å²) in [6.45, 7) is 5.02. The molecule has 1 saturated carbocycles. The Bertz CT molecular complexity index is 1890. The van der Waals surface area contributed by atoms with Gasteiger partial charge in [-0.05, 0) is 96.9 Å². The number of nitrogens with zero attached hydrogens (tertiary/aromatic N) is 7. The molecule has 2 aliphatic heterocycles. The minimum absolute atomic E-state index is 0.00252. The molecule has 3 atom stereocenters. The monoisotopic (exact) mass is 711 g/mol. The van der Waals surface area contributed by atoms with Gasteiger partial charge in [-0.3, -0.25) is 19.1 Å². The zero-order valence-electron chi connectivity index (χ0n) is 27.9. The third-order valence-electron chi connectivity index (χ3n) is 10.6. The number of carbonyl (C=O) groups excluding carboxylic acids is 3. The first-order valence-corrected chi connectivity index (χ1v) is 17.9. The SMILES string of the molecule is CC(=O)c1nn(CC(=O)N2[C@H]3C[C@@]4(CCCCCCCN(C)Cc5ccc(Br)nc5CC3=O)C[C@@H]24)c2ccc(-c3cnc(C)nc3)cc12. The number of hydrogen-bond donors (Lipinski definition) is 0. The predicted octanol–water partition coefficient (Wildman–Crippen LogP) is 6.12. The number of fused-ring (bicyclic) bond motifs is 3. The maximum atomic E-state index is 14.3. The molecule has 1 aromatic carbocycles. The lowest BCUT2D eigenvalue weighted by atomic mass is 9.90. The smallest absolute Gasteiger partial charge is 0.245 e. The lowest BCUT2D eigenvalue weighted by Crippen LogP contribution is -2.45. The van der Waals surface area contributed by atoms with Crippen LogP contribution >= 0.6 is 15.9 Å². The van der Waals surface area contributed by atoms with Crippen LogP contribution in [0.15, 0.2) is 47.3 Å². The van der Waals surface area contributed by atoms with Crippen LogP contribution in [0.1, 0.15) is 85.9 Å². The van der Waals surface area contributed by atoms with Gasteiger partial charge in [0.25, 0.3) is 0 Å². The Kier molecular flexibility index (Phi) is 9.02. The van der Waals surface area contributed by atoms with Gasteiger partial charge in [-0.25, -0.2) is 15.0 Å². The minimum atomic E-state index is -0.502. The van der Waals surface area contributed by atoms with E-state index in [0.717, 1.165) is 61.2 Å². The number of aryl methyl sites for hydroxylation is 1. The molecule has 5 heterocycles. The normalized spacial score (nSPS) is 23.6. The van der Waals surface area contributed by atoms with E-state index in [9.17, 15) is 14.4 Å². The summed E-state index contributed by atoms with van der Waals surface area (Å²) in [7, 11) is 2.12. The van der Waals surface area contributed by atoms with Gasteiger partial charge in [0, 0.05) is 42.9 Å². The Balaban J connectivity index is 1.19. The van der Waals surface area contributed by atoms with Gasteiger partial charge in [0.1, 0.15) is 22.7 Å². The molecule has 10 nitrogen and oxygen atoms in total. The van der Waals surface area contributed by atoms with E-state index in [1.165, 1.54) is 26.2 Å². The van der Waals surface area contributed by atoms with Crippen molar-refractivity contribution in [2.24, 2.45) is 5.41 Å². The van der Waals surface area contributed by atoms with Gasteiger partial charge in [0.15, 0.2) is 11.6 Å². The zero-order chi connectivity index (χ0) is 33.6. The van der Waals surface area contributed by atoms with Gasteiger partial charge in [-0.1, -0.05) is 37.8 Å². The summed E-state index contributed by atoms with van der Waals surface area (Å²) in [6.07, 6.45) is 12.2. The number of pyridine rings is 1. The molecule has 2 fully saturated rings. The van der Waals surface area contributed by atoms with Gasteiger partial charge in [-0.15, -0.1) is 0 Å². The topological polar surface area (TPSA) is 114 Å². The third kappa shape index (κ3) is 6.46. The van der Waals surface area contributed by atoms with Crippen molar-refractivity contribution in [3.63, 3.8) is 0 Å². The number of aromatic nitrogens is 5. The highest BCUT2D eigenvalue weighted by Gasteiger charge is 2.66. The number of ketones is 2. The van der Waals surface area contributed by atoms with Crippen molar-refractivity contribution >= 4 is 44.3 Å². The van der Waals surface area contributed by atoms with E-state index in [1.54, 1.807) is 17.1 Å². The molecule has 1 saturated heterocycles. The van der Waals surface area contributed by atoms with E-state index >= 15 is 0 Å². The molecular formula is C37H42BrN7O3. The summed E-state index contributed by atoms with van der Waals surface area (Å²) >= 11 is 3.52. The number of carbonyl (C=O) groups is 3. The maximum absolute atomic E-state index is 14.3. The van der Waals surface area contributed by atoms with Crippen molar-refractivity contribution in [1.29, 1.82) is 0 Å². The number of halogens is 1. The van der Waals surface area contributed by atoms with Crippen LogP contribution < -0.4 is 0 Å². The fourth-order valence-corrected chi connectivity index (χ4v) is 8.31. The van der Waals surface area contributed by atoms with Gasteiger partial charge in [0.2, 0.25) is 5.91 Å². The first kappa shape index (κ1) is 32.7. The highest BCUT2D eigenvalue weighted by atomic mass is 79.9. The molecule has 1 spiro atoms. The Morgan fingerprint density at radius 2 is 1.77 bits per heavy atom. The molecule has 0 N–H and O–H groups in total. The summed E-state index contributed by atoms with van der Waals surface area (Å²) in [4.78, 5) is 58.8. The molecule has 1 amide bonds. The highest BCUT2D eigenvalue weighted by Crippen LogP contribution is 2.62. The number of Topliss-reactive ketones (excluding diaryl/α,β-unsaturated/α-hetero) is 2. The van der Waals surface area contributed by atoms with Gasteiger partial charge >= 0.3 is 0 Å². The van der Waals surface area contributed by atoms with E-state index in [0.29, 0.717) is 33.4 Å². The molecule has 7 rings (SSSR count). The van der Waals surface area contributed by atoms with Crippen LogP contribution in [0.4, 0.5) is 0 Å². The summed E-state index contributed by atoms with van der Waals surface area (Å²) in [5, 5.41) is 5.33. The van der Waals surface area contributed by atoms with E-state index in [-0.39, 0.29) is 41.9 Å². The van der Waals surface area contributed by atoms with Crippen LogP contribution in [-0.4, -0.2) is 77.7 Å². The minimum Gasteiger partial charge on any atom is -0.327 e. The summed E-state index contributed by atoms with van der Waals surface area (Å²) in [5.74, 6) is 0.412. The number of likely N-dealkylation sites (tertiary alicyclic amines) is 1. The highest BCUT2D eigenvalue weighted by molar-refractivity contribution is 9.10. The lowest BCUT2D eigenvalue weighted by molar-refractivity contribution is -0.139. The number of benzene rings is 1. The molecule has 3 aromatic heterocycles. The second-order valence-electron chi connectivity index (χ2n) is 14.1. The van der Waals surface area contributed by atoms with Gasteiger partial charge in [-0.2, -0.15) is 5.10 Å². The zero-order valence-corrected chi connectivity index (χ0v) is 29.5. The average molecular weight is 713 g/mol. The van der Waals surface area contributed by atoms with Crippen molar-refractivity contribution in [2.45, 2.75) is 96.8 Å². The molecule has 0 radical (unpaired) electrons. The number of hydrogen-bond acceptors (Lipinski definition) is 8. The van der Waals surface area contributed by atoms with Crippen LogP contribution in [0.25, 0.3) is 22.0 Å². The molecule has 1 aliphatic carbocycles. The van der Waals surface area contributed by atoms with E-state index in [4.69, 9.17) is 4.98 Å². The van der Waals surface area contributed by atoms with Crippen LogP contribution in [-0.2, 0) is 29.1 Å². The number of piperidine rings is 1. The van der Waals surface area contributed by atoms with Crippen molar-refractivity contribution < 1.29 is 14.4 Å². The Morgan fingerprint density at radius 1 is 1.00 bits per heavy atom. The first-order chi connectivity index (χ1) is 23.1. The molecule has 4 aromatic rings. The van der Waals surface area contributed by atoms with E-state index in [1.807, 2.05) is 36.1 Å². The Labute approximate surface area is 289 Å². The molecule has 2 bridgehead atoms. The van der Waals surface area contributed by atoms with Crippen molar-refractivity contribution in [3.8, 4) is 11.1 Å². The fraction of sp³-hybridized carbons (Fsp3) is 0.486. The lowest BCUT2D eigenvalue weighted by Gasteiger charge is -2.27. The quantitative estimate of drug-likeness (QED) is 0.184. The van der Waals surface area contributed by atoms with Crippen LogP contribution in [0, 0.1) is 12.3 Å². The van der Waals surface area contributed by atoms with Crippen molar-refractivity contribution in [3.05, 3.63) is 70.1 Å². The molecular weight excluding hydrogens is 670 g/mol. The summed E-state index contributed by atoms with van der Waals surface area (Å²) in [6, 6.07) is 9.30. The van der Waals surface area contributed by atoms with Crippen molar-refractivity contribution in [2.75, 3.05) is 13.6 Å². The Hall–Kier alpha value is -3.83. The van der Waals surface area contributed by atoms with E-state index < -0.39 is 6.04 Å². The second-order valence-corrected chi connectivity index (χ2v) is 14.9. The standard InChI is InChI=1S/C37H42BrN7O3/c1-23(46)36-28-15-25(27-19-39-24(2)40-20-27)9-11-30(28)44(42-36)22-35(48)45-31-17-37(18-33(37)45)13-7-5-4-6-8-14-43(3)21-26-10-12-34(38)41-29(26)16-32(31)47/h9-12,15,19-20,31,33H,4-8,13-14,16-18,21-22H2,1-3H3/t31-,33+,37-/m0/s1. The molecule has 48 heavy (non-hydrogen) atoms. The number of rotatable bonds is 4. The molecule has 3 aliphatic rings. The predicted molar refractivity (Wildman–Crippen MR) is 186 cm³/mol. The fourth-order valence-electron chi connectivity index (χ4n) is 7.96. The number of amides is 1. The van der Waals surface area contributed by atoms with Crippen LogP contribution in [0.5, 0.6) is 0 Å². The van der Waals surface area contributed by atoms with Gasteiger partial charge < -0.3 is 9.80 Å². The average Bonchev–Trinajstić information content (AvgIpc) is 3.47. The molecule has 11 heteroatoms. The maximum Gasteiger partial charge on any atom is 0.245 e. The summed E-state index contributed by atoms with van der Waals surface area (Å²) in [5.41, 5.74) is 4.54.